The molecule has 0 bridgehead atoms. The minimum Gasteiger partial charge on any atom is -0.337 e. The monoisotopic (exact) mass is 371 g/mol. The van der Waals surface area contributed by atoms with Crippen LogP contribution in [0.2, 0.25) is 5.02 Å². The second-order valence-corrected chi connectivity index (χ2v) is 6.99. The maximum absolute atomic E-state index is 12.7. The highest BCUT2D eigenvalue weighted by Crippen LogP contribution is 2.21. The van der Waals surface area contributed by atoms with Crippen molar-refractivity contribution in [1.82, 2.24) is 9.88 Å². The van der Waals surface area contributed by atoms with Crippen molar-refractivity contribution in [2.24, 2.45) is 0 Å². The summed E-state index contributed by atoms with van der Waals surface area (Å²) in [5.74, 6) is -0.400. The molecule has 1 saturated heterocycles. The number of carbonyl (C=O) groups excluding carboxylic acids is 2. The first-order valence-corrected chi connectivity index (χ1v) is 9.25. The number of carbonyl (C=O) groups is 2. The summed E-state index contributed by atoms with van der Waals surface area (Å²) in [6.45, 7) is 3.39. The van der Waals surface area contributed by atoms with Crippen molar-refractivity contribution in [3.8, 4) is 0 Å². The Morgan fingerprint density at radius 2 is 1.81 bits per heavy atom. The van der Waals surface area contributed by atoms with E-state index in [0.717, 1.165) is 44.3 Å². The highest BCUT2D eigenvalue weighted by Gasteiger charge is 2.19. The van der Waals surface area contributed by atoms with Crippen molar-refractivity contribution in [2.45, 2.75) is 32.6 Å². The Kier molecular flexibility index (Phi) is 5.89. The van der Waals surface area contributed by atoms with Crippen LogP contribution in [0.4, 0.5) is 5.69 Å². The minimum absolute atomic E-state index is 0.111. The van der Waals surface area contributed by atoms with Gasteiger partial charge in [-0.25, -0.2) is 0 Å². The standard InChI is InChI=1S/C20H22ClN3O2/c1-14-6-7-16(21)13-17(14)23-19(25)15-8-9-22-18(12-15)20(26)24-10-4-2-3-5-11-24/h6-9,12-13H,2-5,10-11H2,1H3,(H,23,25). The van der Waals surface area contributed by atoms with Gasteiger partial charge in [-0.15, -0.1) is 0 Å². The molecule has 1 aromatic carbocycles. The molecule has 2 amide bonds. The SMILES string of the molecule is Cc1ccc(Cl)cc1NC(=O)c1ccnc(C(=O)N2CCCCCC2)c1. The van der Waals surface area contributed by atoms with Gasteiger partial charge in [0.25, 0.3) is 11.8 Å². The first-order chi connectivity index (χ1) is 12.5. The number of aromatic nitrogens is 1. The molecule has 0 atom stereocenters. The lowest BCUT2D eigenvalue weighted by atomic mass is 10.1. The van der Waals surface area contributed by atoms with Crippen LogP contribution in [0.1, 0.15) is 52.1 Å². The lowest BCUT2D eigenvalue weighted by molar-refractivity contribution is 0.0755. The van der Waals surface area contributed by atoms with Crippen molar-refractivity contribution in [1.29, 1.82) is 0 Å². The van der Waals surface area contributed by atoms with E-state index < -0.39 is 0 Å². The summed E-state index contributed by atoms with van der Waals surface area (Å²) in [4.78, 5) is 31.3. The molecule has 136 valence electrons. The smallest absolute Gasteiger partial charge is 0.272 e. The molecule has 0 aliphatic carbocycles. The van der Waals surface area contributed by atoms with Crippen LogP contribution in [-0.4, -0.2) is 34.8 Å². The number of likely N-dealkylation sites (tertiary alicyclic amines) is 1. The number of halogens is 1. The lowest BCUT2D eigenvalue weighted by Gasteiger charge is -2.19. The van der Waals surface area contributed by atoms with Gasteiger partial charge in [0.1, 0.15) is 5.69 Å². The molecule has 2 heterocycles. The number of amides is 2. The number of hydrogen-bond acceptors (Lipinski definition) is 3. The Balaban J connectivity index is 1.76. The fourth-order valence-corrected chi connectivity index (χ4v) is 3.22. The molecule has 1 N–H and O–H groups in total. The molecule has 26 heavy (non-hydrogen) atoms. The maximum atomic E-state index is 12.7. The molecular formula is C20H22ClN3O2. The van der Waals surface area contributed by atoms with Gasteiger partial charge in [0.05, 0.1) is 0 Å². The van der Waals surface area contributed by atoms with Crippen LogP contribution in [0.3, 0.4) is 0 Å². The Morgan fingerprint density at radius 1 is 1.08 bits per heavy atom. The second-order valence-electron chi connectivity index (χ2n) is 6.55. The molecule has 5 nitrogen and oxygen atoms in total. The van der Waals surface area contributed by atoms with Crippen LogP contribution >= 0.6 is 11.6 Å². The normalized spacial score (nSPS) is 14.6. The van der Waals surface area contributed by atoms with Crippen LogP contribution in [0.5, 0.6) is 0 Å². The molecule has 2 aromatic rings. The molecule has 1 aromatic heterocycles. The number of benzene rings is 1. The number of nitrogens with one attached hydrogen (secondary N) is 1. The molecule has 0 saturated carbocycles. The van der Waals surface area contributed by atoms with Gasteiger partial charge in [-0.05, 0) is 49.6 Å². The lowest BCUT2D eigenvalue weighted by Crippen LogP contribution is -2.32. The summed E-state index contributed by atoms with van der Waals surface area (Å²) in [7, 11) is 0. The molecule has 0 unspecified atom stereocenters. The third kappa shape index (κ3) is 4.41. The summed E-state index contributed by atoms with van der Waals surface area (Å²) in [5.41, 5.74) is 2.28. The summed E-state index contributed by atoms with van der Waals surface area (Å²) < 4.78 is 0. The Labute approximate surface area is 158 Å². The van der Waals surface area contributed by atoms with Crippen LogP contribution in [0.15, 0.2) is 36.5 Å². The Hall–Kier alpha value is -2.40. The first kappa shape index (κ1) is 18.4. The third-order valence-corrected chi connectivity index (χ3v) is 4.82. The largest absolute Gasteiger partial charge is 0.337 e. The number of anilines is 1. The summed E-state index contributed by atoms with van der Waals surface area (Å²) >= 11 is 6.00. The number of nitrogens with zero attached hydrogens (tertiary/aromatic N) is 2. The zero-order valence-electron chi connectivity index (χ0n) is 14.8. The zero-order chi connectivity index (χ0) is 18.5. The van der Waals surface area contributed by atoms with Gasteiger partial charge in [-0.1, -0.05) is 30.5 Å². The Morgan fingerprint density at radius 3 is 2.54 bits per heavy atom. The van der Waals surface area contributed by atoms with Gasteiger partial charge >= 0.3 is 0 Å². The van der Waals surface area contributed by atoms with Gasteiger partial charge in [-0.2, -0.15) is 0 Å². The molecule has 0 spiro atoms. The van der Waals surface area contributed by atoms with E-state index in [-0.39, 0.29) is 11.8 Å². The van der Waals surface area contributed by atoms with E-state index in [1.54, 1.807) is 24.3 Å². The van der Waals surface area contributed by atoms with E-state index >= 15 is 0 Å². The Bertz CT molecular complexity index is 814. The van der Waals surface area contributed by atoms with Crippen molar-refractivity contribution in [3.63, 3.8) is 0 Å². The van der Waals surface area contributed by atoms with Gasteiger partial charge < -0.3 is 10.2 Å². The van der Waals surface area contributed by atoms with Crippen LogP contribution < -0.4 is 5.32 Å². The number of rotatable bonds is 3. The van der Waals surface area contributed by atoms with Gasteiger partial charge in [0.2, 0.25) is 0 Å². The van der Waals surface area contributed by atoms with Gasteiger partial charge in [-0.3, -0.25) is 14.6 Å². The highest BCUT2D eigenvalue weighted by molar-refractivity contribution is 6.31. The van der Waals surface area contributed by atoms with E-state index in [0.29, 0.717) is 22.0 Å². The number of pyridine rings is 1. The topological polar surface area (TPSA) is 62.3 Å². The summed E-state index contributed by atoms with van der Waals surface area (Å²) in [5, 5.41) is 3.40. The molecule has 3 rings (SSSR count). The highest BCUT2D eigenvalue weighted by atomic mass is 35.5. The average molecular weight is 372 g/mol. The van der Waals surface area contributed by atoms with Crippen LogP contribution in [0, 0.1) is 6.92 Å². The average Bonchev–Trinajstić information content (AvgIpc) is 2.93. The van der Waals surface area contributed by atoms with Crippen molar-refractivity contribution in [2.75, 3.05) is 18.4 Å². The summed E-state index contributed by atoms with van der Waals surface area (Å²) in [6, 6.07) is 8.49. The first-order valence-electron chi connectivity index (χ1n) is 8.87. The maximum Gasteiger partial charge on any atom is 0.272 e. The van der Waals surface area contributed by atoms with Crippen molar-refractivity contribution < 1.29 is 9.59 Å². The second kappa shape index (κ2) is 8.32. The predicted molar refractivity (Wildman–Crippen MR) is 103 cm³/mol. The molecule has 0 radical (unpaired) electrons. The van der Waals surface area contributed by atoms with Crippen molar-refractivity contribution >= 4 is 29.1 Å². The fourth-order valence-electron chi connectivity index (χ4n) is 3.05. The van der Waals surface area contributed by atoms with Crippen LogP contribution in [-0.2, 0) is 0 Å². The van der Waals surface area contributed by atoms with Gasteiger partial charge in [0.15, 0.2) is 0 Å². The molecule has 1 aliphatic rings. The molecular weight excluding hydrogens is 350 g/mol. The van der Waals surface area contributed by atoms with E-state index in [2.05, 4.69) is 10.3 Å². The number of aryl methyl sites for hydroxylation is 1. The third-order valence-electron chi connectivity index (χ3n) is 4.58. The molecule has 1 aliphatic heterocycles. The van der Waals surface area contributed by atoms with E-state index in [1.165, 1.54) is 6.20 Å². The van der Waals surface area contributed by atoms with Crippen molar-refractivity contribution in [3.05, 3.63) is 58.4 Å². The molecule has 1 fully saturated rings. The van der Waals surface area contributed by atoms with E-state index in [1.807, 2.05) is 17.9 Å². The fraction of sp³-hybridized carbons (Fsp3) is 0.350. The number of hydrogen-bond donors (Lipinski definition) is 1. The zero-order valence-corrected chi connectivity index (χ0v) is 15.6. The molecule has 6 heteroatoms. The minimum atomic E-state index is -0.289. The predicted octanol–water partition coefficient (Wildman–Crippen LogP) is 4.31. The quantitative estimate of drug-likeness (QED) is 0.874. The van der Waals surface area contributed by atoms with E-state index in [4.69, 9.17) is 11.6 Å². The van der Waals surface area contributed by atoms with Crippen LogP contribution in [0.25, 0.3) is 0 Å². The summed E-state index contributed by atoms with van der Waals surface area (Å²) in [6.07, 6.45) is 5.84. The van der Waals surface area contributed by atoms with Gasteiger partial charge in [0, 0.05) is 35.6 Å². The van der Waals surface area contributed by atoms with E-state index in [9.17, 15) is 9.59 Å².